The van der Waals surface area contributed by atoms with Crippen molar-refractivity contribution in [1.29, 1.82) is 0 Å². The minimum Gasteiger partial charge on any atom is -0.550 e. The monoisotopic (exact) mass is 385 g/mol. The molecule has 6 nitrogen and oxygen atoms in total. The van der Waals surface area contributed by atoms with Gasteiger partial charge in [-0.25, -0.2) is 0 Å². The molecule has 1 saturated heterocycles. The number of carbonyl (C=O) groups is 2. The summed E-state index contributed by atoms with van der Waals surface area (Å²) in [5.74, 6) is -1.57. The zero-order valence-electron chi connectivity index (χ0n) is 16.9. The number of rotatable bonds is 5. The Balaban J connectivity index is 1.68. The third-order valence-corrected chi connectivity index (χ3v) is 5.98. The van der Waals surface area contributed by atoms with Crippen LogP contribution in [0, 0.1) is 11.8 Å². The Morgan fingerprint density at radius 2 is 1.64 bits per heavy atom. The van der Waals surface area contributed by atoms with Crippen molar-refractivity contribution < 1.29 is 19.4 Å². The molecule has 1 aromatic rings. The summed E-state index contributed by atoms with van der Waals surface area (Å²) < 4.78 is 5.72. The molecule has 0 N–H and O–H groups in total. The molecular formula is C22H29N2O4-. The minimum atomic E-state index is -1.12. The first kappa shape index (κ1) is 20.2. The number of ether oxygens (including phenoxy) is 1. The Labute approximate surface area is 166 Å². The fraction of sp³-hybridized carbons (Fsp3) is 0.545. The van der Waals surface area contributed by atoms with Crippen molar-refractivity contribution in [3.63, 3.8) is 0 Å². The maximum absolute atomic E-state index is 13.1. The van der Waals surface area contributed by atoms with Gasteiger partial charge in [-0.15, -0.1) is 0 Å². The number of hydrogen-bond donors (Lipinski definition) is 0. The second-order valence-electron chi connectivity index (χ2n) is 7.71. The predicted molar refractivity (Wildman–Crippen MR) is 106 cm³/mol. The average Bonchev–Trinajstić information content (AvgIpc) is 2.70. The van der Waals surface area contributed by atoms with Gasteiger partial charge in [0.05, 0.1) is 18.2 Å². The molecule has 3 rings (SSSR count). The number of carbonyl (C=O) groups excluding carboxylic acids is 2. The van der Waals surface area contributed by atoms with Crippen molar-refractivity contribution in [3.8, 4) is 5.75 Å². The van der Waals surface area contributed by atoms with Gasteiger partial charge in [-0.1, -0.05) is 23.3 Å². The summed E-state index contributed by atoms with van der Waals surface area (Å²) in [5.41, 5.74) is 3.23. The summed E-state index contributed by atoms with van der Waals surface area (Å²) in [6.07, 6.45) is 0.920. The second-order valence-corrected chi connectivity index (χ2v) is 7.71. The molecular weight excluding hydrogens is 356 g/mol. The molecule has 0 saturated carbocycles. The molecule has 0 spiro atoms. The number of aliphatic carboxylic acids is 1. The lowest BCUT2D eigenvalue weighted by Crippen LogP contribution is -2.53. The molecule has 0 unspecified atom stereocenters. The van der Waals surface area contributed by atoms with E-state index in [9.17, 15) is 14.7 Å². The van der Waals surface area contributed by atoms with Gasteiger partial charge in [0.25, 0.3) is 0 Å². The van der Waals surface area contributed by atoms with E-state index in [4.69, 9.17) is 4.74 Å². The molecule has 1 amide bonds. The van der Waals surface area contributed by atoms with E-state index in [0.29, 0.717) is 45.6 Å². The summed E-state index contributed by atoms with van der Waals surface area (Å²) in [4.78, 5) is 28.8. The van der Waals surface area contributed by atoms with Gasteiger partial charge >= 0.3 is 0 Å². The molecule has 1 aliphatic carbocycles. The van der Waals surface area contributed by atoms with Crippen molar-refractivity contribution in [2.75, 3.05) is 37.7 Å². The molecule has 2 aliphatic rings. The summed E-state index contributed by atoms with van der Waals surface area (Å²) in [7, 11) is 0. The Bertz CT molecular complexity index is 766. The van der Waals surface area contributed by atoms with Crippen LogP contribution in [0.1, 0.15) is 33.6 Å². The number of hydrogen-bond acceptors (Lipinski definition) is 5. The molecule has 0 aromatic heterocycles. The van der Waals surface area contributed by atoms with Crippen LogP contribution in [0.2, 0.25) is 0 Å². The largest absolute Gasteiger partial charge is 0.550 e. The average molecular weight is 385 g/mol. The smallest absolute Gasteiger partial charge is 0.226 e. The van der Waals surface area contributed by atoms with Gasteiger partial charge < -0.3 is 24.4 Å². The maximum Gasteiger partial charge on any atom is 0.226 e. The Kier molecular flexibility index (Phi) is 6.27. The summed E-state index contributed by atoms with van der Waals surface area (Å²) in [6, 6.07) is 7.93. The predicted octanol–water partition coefficient (Wildman–Crippen LogP) is 1.85. The normalized spacial score (nSPS) is 23.0. The molecule has 0 radical (unpaired) electrons. The van der Waals surface area contributed by atoms with Gasteiger partial charge in [0.15, 0.2) is 0 Å². The van der Waals surface area contributed by atoms with Crippen LogP contribution in [0.3, 0.4) is 0 Å². The lowest BCUT2D eigenvalue weighted by Gasteiger charge is -2.40. The number of amides is 1. The Morgan fingerprint density at radius 3 is 2.25 bits per heavy atom. The molecule has 1 heterocycles. The van der Waals surface area contributed by atoms with Gasteiger partial charge in [-0.05, 0) is 45.7 Å². The number of nitrogens with zero attached hydrogens (tertiary/aromatic N) is 2. The van der Waals surface area contributed by atoms with Crippen LogP contribution >= 0.6 is 0 Å². The van der Waals surface area contributed by atoms with Crippen LogP contribution in [0.5, 0.6) is 5.75 Å². The van der Waals surface area contributed by atoms with Gasteiger partial charge in [-0.3, -0.25) is 4.79 Å². The van der Waals surface area contributed by atoms with Crippen molar-refractivity contribution in [3.05, 3.63) is 35.4 Å². The van der Waals surface area contributed by atoms with Gasteiger partial charge in [0.1, 0.15) is 5.75 Å². The first-order chi connectivity index (χ1) is 13.4. The minimum absolute atomic E-state index is 0.0567. The molecule has 0 bridgehead atoms. The zero-order chi connectivity index (χ0) is 20.3. The summed E-state index contributed by atoms with van der Waals surface area (Å²) >= 11 is 0. The molecule has 1 aliphatic heterocycles. The summed E-state index contributed by atoms with van der Waals surface area (Å²) in [5, 5.41) is 11.6. The highest BCUT2D eigenvalue weighted by Gasteiger charge is 2.37. The Morgan fingerprint density at radius 1 is 1.04 bits per heavy atom. The number of carboxylic acids is 1. The highest BCUT2D eigenvalue weighted by atomic mass is 16.5. The van der Waals surface area contributed by atoms with E-state index in [1.54, 1.807) is 0 Å². The third-order valence-electron chi connectivity index (χ3n) is 5.98. The molecule has 28 heavy (non-hydrogen) atoms. The molecule has 1 aromatic carbocycles. The van der Waals surface area contributed by atoms with Crippen LogP contribution in [0.4, 0.5) is 5.69 Å². The molecule has 2 atom stereocenters. The van der Waals surface area contributed by atoms with Crippen molar-refractivity contribution in [2.45, 2.75) is 33.6 Å². The lowest BCUT2D eigenvalue weighted by atomic mass is 9.76. The van der Waals surface area contributed by atoms with Crippen LogP contribution in [0.15, 0.2) is 35.4 Å². The number of benzene rings is 1. The van der Waals surface area contributed by atoms with Crippen molar-refractivity contribution >= 4 is 17.6 Å². The summed E-state index contributed by atoms with van der Waals surface area (Å²) in [6.45, 7) is 9.06. The fourth-order valence-electron chi connectivity index (χ4n) is 4.20. The zero-order valence-corrected chi connectivity index (χ0v) is 16.9. The van der Waals surface area contributed by atoms with E-state index in [2.05, 4.69) is 4.90 Å². The van der Waals surface area contributed by atoms with Gasteiger partial charge in [-0.2, -0.15) is 0 Å². The van der Waals surface area contributed by atoms with Gasteiger partial charge in [0.2, 0.25) is 5.91 Å². The van der Waals surface area contributed by atoms with Crippen molar-refractivity contribution in [2.24, 2.45) is 11.8 Å². The second kappa shape index (κ2) is 8.67. The fourth-order valence-corrected chi connectivity index (χ4v) is 4.20. The first-order valence-corrected chi connectivity index (χ1v) is 10.0. The highest BCUT2D eigenvalue weighted by molar-refractivity contribution is 5.85. The van der Waals surface area contributed by atoms with E-state index < -0.39 is 17.8 Å². The SMILES string of the molecule is CCOc1ccccc1N1CCN(C(=O)[C@@H]2CC(C)=C(C)C[C@@H]2C(=O)[O-])CC1. The van der Waals surface area contributed by atoms with E-state index in [1.165, 1.54) is 0 Å². The van der Waals surface area contributed by atoms with Crippen LogP contribution in [-0.4, -0.2) is 49.6 Å². The van der Waals surface area contributed by atoms with E-state index in [1.807, 2.05) is 49.9 Å². The van der Waals surface area contributed by atoms with E-state index >= 15 is 0 Å². The van der Waals surface area contributed by atoms with E-state index in [-0.39, 0.29) is 5.91 Å². The van der Waals surface area contributed by atoms with Crippen molar-refractivity contribution in [1.82, 2.24) is 4.90 Å². The molecule has 6 heteroatoms. The topological polar surface area (TPSA) is 72.9 Å². The van der Waals surface area contributed by atoms with Crippen LogP contribution in [0.25, 0.3) is 0 Å². The molecule has 152 valence electrons. The standard InChI is InChI=1S/C22H30N2O4/c1-4-28-20-8-6-5-7-19(20)23-9-11-24(12-10-23)21(25)17-13-15(2)16(3)14-18(17)22(26)27/h5-8,17-18H,4,9-14H2,1-3H3,(H,26,27)/p-1/t17-,18+/m1/s1. The van der Waals surface area contributed by atoms with E-state index in [0.717, 1.165) is 22.6 Å². The number of anilines is 1. The molecule has 1 fully saturated rings. The lowest BCUT2D eigenvalue weighted by molar-refractivity contribution is -0.313. The number of allylic oxidation sites excluding steroid dienone is 2. The quantitative estimate of drug-likeness (QED) is 0.723. The maximum atomic E-state index is 13.1. The van der Waals surface area contributed by atoms with Gasteiger partial charge in [0, 0.05) is 38.1 Å². The first-order valence-electron chi connectivity index (χ1n) is 10.0. The van der Waals surface area contributed by atoms with Crippen LogP contribution in [-0.2, 0) is 9.59 Å². The number of piperazine rings is 1. The number of carboxylic acid groups (broad SMARTS) is 1. The number of para-hydroxylation sites is 2. The Hall–Kier alpha value is -2.50. The van der Waals surface area contributed by atoms with Crippen LogP contribution < -0.4 is 14.7 Å². The highest BCUT2D eigenvalue weighted by Crippen LogP contribution is 2.35. The third kappa shape index (κ3) is 4.16.